The minimum atomic E-state index is -0.584. The van der Waals surface area contributed by atoms with Crippen molar-refractivity contribution in [1.29, 1.82) is 0 Å². The highest BCUT2D eigenvalue weighted by Crippen LogP contribution is 2.42. The summed E-state index contributed by atoms with van der Waals surface area (Å²) in [6.07, 6.45) is 0. The Balaban J connectivity index is 2.00. The summed E-state index contributed by atoms with van der Waals surface area (Å²) >= 11 is 12.2. The summed E-state index contributed by atoms with van der Waals surface area (Å²) in [5.74, 6) is 0.981. The van der Waals surface area contributed by atoms with E-state index in [-0.39, 0.29) is 5.91 Å². The summed E-state index contributed by atoms with van der Waals surface area (Å²) in [6.45, 7) is 3.75. The fraction of sp³-hybridized carbons (Fsp3) is 0.188. The summed E-state index contributed by atoms with van der Waals surface area (Å²) < 4.78 is 5.79. The van der Waals surface area contributed by atoms with Gasteiger partial charge >= 0.3 is 0 Å². The lowest BCUT2D eigenvalue weighted by atomic mass is 9.86. The van der Waals surface area contributed by atoms with Gasteiger partial charge in [-0.1, -0.05) is 29.3 Å². The third-order valence-corrected chi connectivity index (χ3v) is 4.21. The van der Waals surface area contributed by atoms with Crippen LogP contribution in [0.25, 0.3) is 0 Å². The topological polar surface area (TPSA) is 38.3 Å². The highest BCUT2D eigenvalue weighted by molar-refractivity contribution is 6.37. The van der Waals surface area contributed by atoms with Crippen LogP contribution in [0.3, 0.4) is 0 Å². The van der Waals surface area contributed by atoms with Gasteiger partial charge < -0.3 is 10.1 Å². The van der Waals surface area contributed by atoms with Gasteiger partial charge in [0, 0.05) is 5.69 Å². The number of anilines is 1. The van der Waals surface area contributed by atoms with Gasteiger partial charge in [-0.05, 0) is 49.7 Å². The van der Waals surface area contributed by atoms with Crippen molar-refractivity contribution in [2.75, 3.05) is 5.32 Å². The molecular weight excluding hydrogens is 309 g/mol. The lowest BCUT2D eigenvalue weighted by Crippen LogP contribution is -2.26. The van der Waals surface area contributed by atoms with Gasteiger partial charge in [0.15, 0.2) is 5.75 Å². The van der Waals surface area contributed by atoms with E-state index in [1.807, 2.05) is 26.0 Å². The van der Waals surface area contributed by atoms with E-state index < -0.39 is 5.41 Å². The number of nitrogens with one attached hydrogen (secondary N) is 1. The van der Waals surface area contributed by atoms with Crippen molar-refractivity contribution in [3.8, 4) is 11.5 Å². The molecule has 3 nitrogen and oxygen atoms in total. The second-order valence-electron chi connectivity index (χ2n) is 5.44. The first-order chi connectivity index (χ1) is 9.89. The minimum absolute atomic E-state index is 0.0228. The predicted molar refractivity (Wildman–Crippen MR) is 84.6 cm³/mol. The lowest BCUT2D eigenvalue weighted by molar-refractivity contribution is -0.119. The molecule has 1 aliphatic rings. The molecule has 2 aromatic carbocycles. The second kappa shape index (κ2) is 4.93. The summed E-state index contributed by atoms with van der Waals surface area (Å²) in [5.41, 5.74) is 1.12. The van der Waals surface area contributed by atoms with Gasteiger partial charge in [-0.3, -0.25) is 4.79 Å². The third-order valence-electron chi connectivity index (χ3n) is 3.62. The maximum atomic E-state index is 11.9. The van der Waals surface area contributed by atoms with Crippen LogP contribution >= 0.6 is 23.2 Å². The first-order valence-electron chi connectivity index (χ1n) is 6.47. The molecule has 2 aromatic rings. The van der Waals surface area contributed by atoms with Crippen molar-refractivity contribution >= 4 is 34.8 Å². The Morgan fingerprint density at radius 1 is 1.10 bits per heavy atom. The number of ether oxygens (including phenoxy) is 1. The van der Waals surface area contributed by atoms with Crippen LogP contribution in [0.4, 0.5) is 5.69 Å². The highest BCUT2D eigenvalue weighted by atomic mass is 35.5. The van der Waals surface area contributed by atoms with Gasteiger partial charge in [-0.25, -0.2) is 0 Å². The standard InChI is InChI=1S/C16H13Cl2NO2/c1-16(2)10-8-9(6-7-13(10)19-15(16)20)21-14-11(17)4-3-5-12(14)18/h3-8H,1-2H3,(H,19,20). The molecule has 0 aliphatic carbocycles. The summed E-state index contributed by atoms with van der Waals surface area (Å²) in [5, 5.41) is 3.74. The average molecular weight is 322 g/mol. The molecule has 108 valence electrons. The van der Waals surface area contributed by atoms with E-state index >= 15 is 0 Å². The molecule has 21 heavy (non-hydrogen) atoms. The van der Waals surface area contributed by atoms with E-state index in [9.17, 15) is 4.79 Å². The van der Waals surface area contributed by atoms with E-state index in [0.29, 0.717) is 21.5 Å². The Hall–Kier alpha value is -1.71. The van der Waals surface area contributed by atoms with Crippen LogP contribution in [0.1, 0.15) is 19.4 Å². The van der Waals surface area contributed by atoms with Crippen molar-refractivity contribution in [2.45, 2.75) is 19.3 Å². The number of hydrogen-bond donors (Lipinski definition) is 1. The number of hydrogen-bond acceptors (Lipinski definition) is 2. The van der Waals surface area contributed by atoms with E-state index in [0.717, 1.165) is 11.3 Å². The number of carbonyl (C=O) groups is 1. The number of amides is 1. The van der Waals surface area contributed by atoms with Crippen molar-refractivity contribution in [1.82, 2.24) is 0 Å². The Kier molecular flexibility index (Phi) is 3.34. The highest BCUT2D eigenvalue weighted by Gasteiger charge is 2.38. The fourth-order valence-electron chi connectivity index (χ4n) is 2.31. The zero-order chi connectivity index (χ0) is 15.2. The molecule has 1 heterocycles. The molecule has 0 saturated heterocycles. The number of fused-ring (bicyclic) bond motifs is 1. The van der Waals surface area contributed by atoms with Crippen LogP contribution in [0.15, 0.2) is 36.4 Å². The molecule has 0 bridgehead atoms. The Morgan fingerprint density at radius 2 is 1.76 bits per heavy atom. The molecule has 0 fully saturated rings. The number of para-hydroxylation sites is 1. The summed E-state index contributed by atoms with van der Waals surface area (Å²) in [4.78, 5) is 11.9. The summed E-state index contributed by atoms with van der Waals surface area (Å²) in [6, 6.07) is 10.6. The van der Waals surface area contributed by atoms with Crippen LogP contribution in [-0.2, 0) is 10.2 Å². The number of carbonyl (C=O) groups excluding carboxylic acids is 1. The summed E-state index contributed by atoms with van der Waals surface area (Å²) in [7, 11) is 0. The van der Waals surface area contributed by atoms with Crippen LogP contribution in [-0.4, -0.2) is 5.91 Å². The first-order valence-corrected chi connectivity index (χ1v) is 7.23. The molecule has 0 unspecified atom stereocenters. The predicted octanol–water partition coefficient (Wildman–Crippen LogP) is 5.02. The molecule has 0 radical (unpaired) electrons. The van der Waals surface area contributed by atoms with Gasteiger partial charge in [0.05, 0.1) is 15.5 Å². The SMILES string of the molecule is CC1(C)C(=O)Nc2ccc(Oc3c(Cl)cccc3Cl)cc21. The minimum Gasteiger partial charge on any atom is -0.454 e. The average Bonchev–Trinajstić information content (AvgIpc) is 2.65. The normalized spacial score (nSPS) is 15.5. The fourth-order valence-corrected chi connectivity index (χ4v) is 2.79. The Labute approximate surface area is 132 Å². The molecule has 0 atom stereocenters. The van der Waals surface area contributed by atoms with Crippen LogP contribution in [0.2, 0.25) is 10.0 Å². The van der Waals surface area contributed by atoms with Crippen LogP contribution in [0.5, 0.6) is 11.5 Å². The number of halogens is 2. The van der Waals surface area contributed by atoms with Gasteiger partial charge in [0.1, 0.15) is 5.75 Å². The maximum Gasteiger partial charge on any atom is 0.234 e. The Bertz CT molecular complexity index is 721. The van der Waals surface area contributed by atoms with Crippen molar-refractivity contribution < 1.29 is 9.53 Å². The van der Waals surface area contributed by atoms with E-state index in [1.54, 1.807) is 24.3 Å². The van der Waals surface area contributed by atoms with Gasteiger partial charge in [0.25, 0.3) is 0 Å². The lowest BCUT2D eigenvalue weighted by Gasteiger charge is -2.16. The van der Waals surface area contributed by atoms with Crippen LogP contribution < -0.4 is 10.1 Å². The zero-order valence-corrected chi connectivity index (χ0v) is 13.0. The molecular formula is C16H13Cl2NO2. The number of rotatable bonds is 2. The maximum absolute atomic E-state index is 11.9. The molecule has 0 spiro atoms. The second-order valence-corrected chi connectivity index (χ2v) is 6.25. The quantitative estimate of drug-likeness (QED) is 0.843. The molecule has 5 heteroatoms. The zero-order valence-electron chi connectivity index (χ0n) is 11.5. The van der Waals surface area contributed by atoms with Crippen molar-refractivity contribution in [2.24, 2.45) is 0 Å². The molecule has 1 aliphatic heterocycles. The van der Waals surface area contributed by atoms with E-state index in [4.69, 9.17) is 27.9 Å². The van der Waals surface area contributed by atoms with Gasteiger partial charge in [0.2, 0.25) is 5.91 Å². The van der Waals surface area contributed by atoms with Crippen molar-refractivity contribution in [3.63, 3.8) is 0 Å². The van der Waals surface area contributed by atoms with E-state index in [2.05, 4.69) is 5.32 Å². The van der Waals surface area contributed by atoms with Crippen LogP contribution in [0, 0.1) is 0 Å². The smallest absolute Gasteiger partial charge is 0.234 e. The molecule has 1 N–H and O–H groups in total. The first kappa shape index (κ1) is 14.2. The molecule has 0 saturated carbocycles. The van der Waals surface area contributed by atoms with Gasteiger partial charge in [-0.15, -0.1) is 0 Å². The monoisotopic (exact) mass is 321 g/mol. The van der Waals surface area contributed by atoms with Gasteiger partial charge in [-0.2, -0.15) is 0 Å². The van der Waals surface area contributed by atoms with E-state index in [1.165, 1.54) is 0 Å². The Morgan fingerprint density at radius 3 is 2.43 bits per heavy atom. The molecule has 1 amide bonds. The molecule has 3 rings (SSSR count). The third kappa shape index (κ3) is 2.37. The number of benzene rings is 2. The largest absolute Gasteiger partial charge is 0.454 e. The van der Waals surface area contributed by atoms with Crippen molar-refractivity contribution in [3.05, 3.63) is 52.0 Å². The molecule has 0 aromatic heterocycles.